The molecule has 112 valence electrons. The van der Waals surface area contributed by atoms with E-state index >= 15 is 0 Å². The van der Waals surface area contributed by atoms with E-state index in [0.717, 1.165) is 10.4 Å². The summed E-state index contributed by atoms with van der Waals surface area (Å²) >= 11 is 0. The maximum atomic E-state index is 13.4. The average Bonchev–Trinajstić information content (AvgIpc) is 2.44. The molecule has 0 aliphatic rings. The number of nitrogens with two attached hydrogens (primary N) is 1. The predicted octanol–water partition coefficient (Wildman–Crippen LogP) is 2.37. The minimum atomic E-state index is -3.84. The summed E-state index contributed by atoms with van der Waals surface area (Å²) in [5.41, 5.74) is 5.83. The average molecular weight is 312 g/mol. The van der Waals surface area contributed by atoms with Crippen LogP contribution in [0.3, 0.4) is 0 Å². The number of hydrogen-bond acceptors (Lipinski definition) is 3. The van der Waals surface area contributed by atoms with Gasteiger partial charge in [0.05, 0.1) is 10.6 Å². The van der Waals surface area contributed by atoms with Crippen LogP contribution in [0.2, 0.25) is 0 Å². The van der Waals surface area contributed by atoms with E-state index < -0.39 is 21.7 Å². The van der Waals surface area contributed by atoms with E-state index in [-0.39, 0.29) is 17.1 Å². The highest BCUT2D eigenvalue weighted by Gasteiger charge is 2.22. The minimum absolute atomic E-state index is 0.0502. The van der Waals surface area contributed by atoms with Crippen LogP contribution in [0.5, 0.6) is 0 Å². The van der Waals surface area contributed by atoms with Crippen LogP contribution in [-0.2, 0) is 16.6 Å². The number of rotatable bonds is 4. The Morgan fingerprint density at radius 1 is 1.10 bits per heavy atom. The zero-order chi connectivity index (χ0) is 15.6. The standard InChI is InChI=1S/C14H14F2N2O2S/c1-18(9-10-2-4-11(15)5-3-10)21(19,20)12-6-7-14(17)13(16)8-12/h2-8H,9,17H2,1H3. The zero-order valence-corrected chi connectivity index (χ0v) is 12.1. The molecular formula is C14H14F2N2O2S. The minimum Gasteiger partial charge on any atom is -0.396 e. The molecule has 4 nitrogen and oxygen atoms in total. The third kappa shape index (κ3) is 3.37. The molecule has 0 amide bonds. The highest BCUT2D eigenvalue weighted by Crippen LogP contribution is 2.20. The second-order valence-corrected chi connectivity index (χ2v) is 6.62. The van der Waals surface area contributed by atoms with E-state index in [4.69, 9.17) is 5.73 Å². The lowest BCUT2D eigenvalue weighted by molar-refractivity contribution is 0.465. The second kappa shape index (κ2) is 5.79. The van der Waals surface area contributed by atoms with Crippen molar-refractivity contribution in [2.75, 3.05) is 12.8 Å². The van der Waals surface area contributed by atoms with Crippen LogP contribution in [0, 0.1) is 11.6 Å². The van der Waals surface area contributed by atoms with Crippen molar-refractivity contribution in [3.8, 4) is 0 Å². The summed E-state index contributed by atoms with van der Waals surface area (Å²) in [6.45, 7) is 0.0502. The van der Waals surface area contributed by atoms with Crippen molar-refractivity contribution in [3.05, 3.63) is 59.7 Å². The molecule has 0 radical (unpaired) electrons. The topological polar surface area (TPSA) is 63.4 Å². The van der Waals surface area contributed by atoms with Crippen LogP contribution in [-0.4, -0.2) is 19.8 Å². The highest BCUT2D eigenvalue weighted by atomic mass is 32.2. The summed E-state index contributed by atoms with van der Waals surface area (Å²) in [5.74, 6) is -1.18. The lowest BCUT2D eigenvalue weighted by Crippen LogP contribution is -2.26. The molecule has 0 heterocycles. The first-order chi connectivity index (χ1) is 9.80. The van der Waals surface area contributed by atoms with Crippen molar-refractivity contribution in [2.24, 2.45) is 0 Å². The first-order valence-corrected chi connectivity index (χ1v) is 7.50. The molecular weight excluding hydrogens is 298 g/mol. The van der Waals surface area contributed by atoms with Gasteiger partial charge in [0.15, 0.2) is 0 Å². The third-order valence-electron chi connectivity index (χ3n) is 3.00. The van der Waals surface area contributed by atoms with E-state index in [1.54, 1.807) is 0 Å². The van der Waals surface area contributed by atoms with E-state index in [1.807, 2.05) is 0 Å². The maximum absolute atomic E-state index is 13.4. The molecule has 0 saturated carbocycles. The van der Waals surface area contributed by atoms with Crippen molar-refractivity contribution >= 4 is 15.7 Å². The molecule has 0 fully saturated rings. The molecule has 0 spiro atoms. The van der Waals surface area contributed by atoms with E-state index in [0.29, 0.717) is 5.56 Å². The van der Waals surface area contributed by atoms with Gasteiger partial charge in [0.1, 0.15) is 11.6 Å². The normalized spacial score (nSPS) is 11.8. The first-order valence-electron chi connectivity index (χ1n) is 6.06. The summed E-state index contributed by atoms with van der Waals surface area (Å²) in [7, 11) is -2.47. The summed E-state index contributed by atoms with van der Waals surface area (Å²) in [6, 6.07) is 8.81. The number of hydrogen-bond donors (Lipinski definition) is 1. The van der Waals surface area contributed by atoms with Crippen LogP contribution < -0.4 is 5.73 Å². The number of halogens is 2. The molecule has 0 atom stereocenters. The van der Waals surface area contributed by atoms with Gasteiger partial charge < -0.3 is 5.73 Å². The van der Waals surface area contributed by atoms with E-state index in [2.05, 4.69) is 0 Å². The molecule has 0 aliphatic heterocycles. The molecule has 7 heteroatoms. The number of anilines is 1. The summed E-state index contributed by atoms with van der Waals surface area (Å²) in [6.07, 6.45) is 0. The van der Waals surface area contributed by atoms with Gasteiger partial charge in [0.2, 0.25) is 10.0 Å². The van der Waals surface area contributed by atoms with Gasteiger partial charge in [-0.2, -0.15) is 4.31 Å². The molecule has 2 aromatic rings. The number of nitrogens with zero attached hydrogens (tertiary/aromatic N) is 1. The molecule has 2 rings (SSSR count). The molecule has 0 saturated heterocycles. The first kappa shape index (κ1) is 15.4. The fourth-order valence-electron chi connectivity index (χ4n) is 1.78. The smallest absolute Gasteiger partial charge is 0.243 e. The Balaban J connectivity index is 2.25. The van der Waals surface area contributed by atoms with Crippen molar-refractivity contribution in [1.82, 2.24) is 4.31 Å². The molecule has 0 bridgehead atoms. The van der Waals surface area contributed by atoms with Crippen molar-refractivity contribution < 1.29 is 17.2 Å². The number of sulfonamides is 1. The van der Waals surface area contributed by atoms with Crippen molar-refractivity contribution in [3.63, 3.8) is 0 Å². The Bertz CT molecular complexity index is 746. The van der Waals surface area contributed by atoms with Gasteiger partial charge in [-0.05, 0) is 35.9 Å². The Morgan fingerprint density at radius 3 is 2.29 bits per heavy atom. The largest absolute Gasteiger partial charge is 0.396 e. The van der Waals surface area contributed by atoms with Crippen LogP contribution in [0.25, 0.3) is 0 Å². The molecule has 0 unspecified atom stereocenters. The van der Waals surface area contributed by atoms with Gasteiger partial charge in [0, 0.05) is 13.6 Å². The zero-order valence-electron chi connectivity index (χ0n) is 11.3. The molecule has 0 aliphatic carbocycles. The maximum Gasteiger partial charge on any atom is 0.243 e. The predicted molar refractivity (Wildman–Crippen MR) is 75.9 cm³/mol. The van der Waals surface area contributed by atoms with Gasteiger partial charge in [-0.25, -0.2) is 17.2 Å². The SMILES string of the molecule is CN(Cc1ccc(F)cc1)S(=O)(=O)c1ccc(N)c(F)c1. The monoisotopic (exact) mass is 312 g/mol. The lowest BCUT2D eigenvalue weighted by atomic mass is 10.2. The van der Waals surface area contributed by atoms with E-state index in [1.165, 1.54) is 43.4 Å². The highest BCUT2D eigenvalue weighted by molar-refractivity contribution is 7.89. The van der Waals surface area contributed by atoms with Gasteiger partial charge in [-0.15, -0.1) is 0 Å². The van der Waals surface area contributed by atoms with Crippen LogP contribution in [0.4, 0.5) is 14.5 Å². The molecule has 0 aromatic heterocycles. The summed E-state index contributed by atoms with van der Waals surface area (Å²) in [5, 5.41) is 0. The van der Waals surface area contributed by atoms with Crippen LogP contribution in [0.15, 0.2) is 47.4 Å². The summed E-state index contributed by atoms with van der Waals surface area (Å²) in [4.78, 5) is -0.182. The second-order valence-electron chi connectivity index (χ2n) is 4.57. The Hall–Kier alpha value is -1.99. The third-order valence-corrected chi connectivity index (χ3v) is 4.80. The van der Waals surface area contributed by atoms with Gasteiger partial charge >= 0.3 is 0 Å². The van der Waals surface area contributed by atoms with Gasteiger partial charge in [-0.3, -0.25) is 0 Å². The molecule has 21 heavy (non-hydrogen) atoms. The van der Waals surface area contributed by atoms with Crippen LogP contribution >= 0.6 is 0 Å². The van der Waals surface area contributed by atoms with Crippen molar-refractivity contribution in [2.45, 2.75) is 11.4 Å². The lowest BCUT2D eigenvalue weighted by Gasteiger charge is -2.17. The fourth-order valence-corrected chi connectivity index (χ4v) is 2.95. The van der Waals surface area contributed by atoms with E-state index in [9.17, 15) is 17.2 Å². The fraction of sp³-hybridized carbons (Fsp3) is 0.143. The Labute approximate surface area is 121 Å². The Kier molecular flexibility index (Phi) is 4.24. The number of benzene rings is 2. The quantitative estimate of drug-likeness (QED) is 0.882. The van der Waals surface area contributed by atoms with Crippen molar-refractivity contribution in [1.29, 1.82) is 0 Å². The molecule has 2 N–H and O–H groups in total. The van der Waals surface area contributed by atoms with Gasteiger partial charge in [-0.1, -0.05) is 12.1 Å². The Morgan fingerprint density at radius 2 is 1.71 bits per heavy atom. The summed E-state index contributed by atoms with van der Waals surface area (Å²) < 4.78 is 51.9. The van der Waals surface area contributed by atoms with Crippen LogP contribution in [0.1, 0.15) is 5.56 Å². The molecule has 2 aromatic carbocycles. The van der Waals surface area contributed by atoms with Gasteiger partial charge in [0.25, 0.3) is 0 Å². The number of nitrogen functional groups attached to an aromatic ring is 1.